The smallest absolute Gasteiger partial charge is 0.263 e. The van der Waals surface area contributed by atoms with E-state index in [0.717, 1.165) is 28.0 Å². The molecule has 2 aromatic carbocycles. The normalized spacial score (nSPS) is 15.6. The van der Waals surface area contributed by atoms with Gasteiger partial charge in [-0.1, -0.05) is 30.3 Å². The highest BCUT2D eigenvalue weighted by molar-refractivity contribution is 5.88. The van der Waals surface area contributed by atoms with Gasteiger partial charge < -0.3 is 15.3 Å². The molecule has 0 radical (unpaired) electrons. The van der Waals surface area contributed by atoms with Crippen LogP contribution >= 0.6 is 0 Å². The highest BCUT2D eigenvalue weighted by atomic mass is 16.3. The third-order valence-electron chi connectivity index (χ3n) is 7.92. The van der Waals surface area contributed by atoms with Crippen LogP contribution in [0.3, 0.4) is 0 Å². The van der Waals surface area contributed by atoms with E-state index in [1.54, 1.807) is 27.8 Å². The molecular formula is C32H32N4O3. The topological polar surface area (TPSA) is 87.5 Å². The van der Waals surface area contributed by atoms with Gasteiger partial charge in [-0.05, 0) is 84.2 Å². The molecule has 0 spiro atoms. The zero-order valence-corrected chi connectivity index (χ0v) is 22.2. The van der Waals surface area contributed by atoms with Crippen molar-refractivity contribution in [1.82, 2.24) is 14.5 Å². The summed E-state index contributed by atoms with van der Waals surface area (Å²) in [6.07, 6.45) is 7.43. The minimum absolute atomic E-state index is 0.00732. The van der Waals surface area contributed by atoms with E-state index in [-0.39, 0.29) is 24.0 Å². The quantitative estimate of drug-likeness (QED) is 0.336. The number of rotatable bonds is 7. The number of benzene rings is 2. The van der Waals surface area contributed by atoms with Crippen LogP contribution in [0.1, 0.15) is 48.4 Å². The molecule has 198 valence electrons. The number of fused-ring (bicyclic) bond motifs is 1. The monoisotopic (exact) mass is 520 g/mol. The fourth-order valence-corrected chi connectivity index (χ4v) is 5.63. The molecule has 0 bridgehead atoms. The van der Waals surface area contributed by atoms with Crippen LogP contribution in [0.15, 0.2) is 77.7 Å². The molecule has 1 aliphatic heterocycles. The summed E-state index contributed by atoms with van der Waals surface area (Å²) in [5.41, 5.74) is 5.10. The minimum atomic E-state index is -0.232. The molecule has 1 saturated heterocycles. The maximum Gasteiger partial charge on any atom is 0.263 e. The van der Waals surface area contributed by atoms with E-state index in [2.05, 4.69) is 28.5 Å². The molecule has 0 unspecified atom stereocenters. The van der Waals surface area contributed by atoms with Crippen LogP contribution in [0.5, 0.6) is 0 Å². The number of aromatic nitrogens is 2. The first-order valence-corrected chi connectivity index (χ1v) is 13.5. The molecule has 0 atom stereocenters. The van der Waals surface area contributed by atoms with Gasteiger partial charge in [0.05, 0.1) is 12.3 Å². The van der Waals surface area contributed by atoms with Crippen molar-refractivity contribution in [3.8, 4) is 16.8 Å². The molecule has 2 aliphatic rings. The van der Waals surface area contributed by atoms with Crippen molar-refractivity contribution in [2.45, 2.75) is 38.2 Å². The Balaban J connectivity index is 1.53. The number of carbonyl (C=O) groups excluding carboxylic acids is 1. The molecule has 7 nitrogen and oxygen atoms in total. The summed E-state index contributed by atoms with van der Waals surface area (Å²) in [5, 5.41) is 15.3. The number of hydrogen-bond donors (Lipinski definition) is 2. The second-order valence-corrected chi connectivity index (χ2v) is 10.4. The second-order valence-electron chi connectivity index (χ2n) is 10.4. The summed E-state index contributed by atoms with van der Waals surface area (Å²) in [7, 11) is 1.81. The lowest BCUT2D eigenvalue weighted by Gasteiger charge is -2.40. The van der Waals surface area contributed by atoms with Crippen LogP contribution in [0.2, 0.25) is 0 Å². The third kappa shape index (κ3) is 4.53. The van der Waals surface area contributed by atoms with Gasteiger partial charge in [-0.3, -0.25) is 14.2 Å². The number of hydrogen-bond acceptors (Lipinski definition) is 5. The second kappa shape index (κ2) is 10.2. The summed E-state index contributed by atoms with van der Waals surface area (Å²) in [6, 6.07) is 17.9. The molecule has 2 aromatic heterocycles. The lowest BCUT2D eigenvalue weighted by molar-refractivity contribution is -0.130. The van der Waals surface area contributed by atoms with E-state index in [4.69, 9.17) is 0 Å². The van der Waals surface area contributed by atoms with Crippen molar-refractivity contribution in [2.24, 2.45) is 0 Å². The van der Waals surface area contributed by atoms with Gasteiger partial charge >= 0.3 is 0 Å². The van der Waals surface area contributed by atoms with Crippen LogP contribution in [0.4, 0.5) is 5.82 Å². The van der Waals surface area contributed by atoms with E-state index in [0.29, 0.717) is 35.6 Å². The highest BCUT2D eigenvalue weighted by Crippen LogP contribution is 2.41. The van der Waals surface area contributed by atoms with E-state index >= 15 is 0 Å². The molecule has 1 aliphatic carbocycles. The van der Waals surface area contributed by atoms with Crippen LogP contribution in [0, 0.1) is 0 Å². The summed E-state index contributed by atoms with van der Waals surface area (Å²) >= 11 is 0. The summed E-state index contributed by atoms with van der Waals surface area (Å²) in [4.78, 5) is 32.8. The SMILES string of the molecule is C/C=C/C(=O)N1CC(c2cc3cc(C4CC4)ccc3c(=O)n2-c2cccc(-c3ccnc(NC)c3)c2CO)C1. The molecule has 39 heavy (non-hydrogen) atoms. The predicted molar refractivity (Wildman–Crippen MR) is 154 cm³/mol. The fourth-order valence-electron chi connectivity index (χ4n) is 5.63. The van der Waals surface area contributed by atoms with Gasteiger partial charge in [0, 0.05) is 48.9 Å². The molecule has 1 amide bonds. The predicted octanol–water partition coefficient (Wildman–Crippen LogP) is 4.97. The van der Waals surface area contributed by atoms with Crippen LogP contribution in [-0.4, -0.2) is 45.6 Å². The Hall–Kier alpha value is -4.23. The van der Waals surface area contributed by atoms with Crippen molar-refractivity contribution in [3.05, 3.63) is 100 Å². The molecule has 1 saturated carbocycles. The van der Waals surface area contributed by atoms with Crippen molar-refractivity contribution in [3.63, 3.8) is 0 Å². The lowest BCUT2D eigenvalue weighted by Crippen LogP contribution is -2.49. The Morgan fingerprint density at radius 2 is 1.92 bits per heavy atom. The maximum absolute atomic E-state index is 14.2. The number of pyridine rings is 2. The number of aliphatic hydroxyl groups excluding tert-OH is 1. The number of nitrogens with zero attached hydrogens (tertiary/aromatic N) is 3. The Kier molecular flexibility index (Phi) is 6.53. The standard InChI is InChI=1S/C32H32N4O3/c1-3-5-31(38)35-17-24(18-35)29-15-23-14-21(20-8-9-20)10-11-26(23)32(39)36(29)28-7-4-6-25(27(28)19-37)22-12-13-34-30(16-22)33-2/h3-7,10-16,20,24,37H,8-9,17-19H2,1-2H3,(H,33,34)/b5-3+. The fraction of sp³-hybridized carbons (Fsp3) is 0.281. The average molecular weight is 521 g/mol. The van der Waals surface area contributed by atoms with Gasteiger partial charge in [0.2, 0.25) is 5.91 Å². The van der Waals surface area contributed by atoms with Gasteiger partial charge in [0.1, 0.15) is 5.82 Å². The van der Waals surface area contributed by atoms with Crippen LogP contribution < -0.4 is 10.9 Å². The molecule has 2 N–H and O–H groups in total. The molecular weight excluding hydrogens is 488 g/mol. The molecule has 3 heterocycles. The first kappa shape index (κ1) is 25.1. The van der Waals surface area contributed by atoms with Gasteiger partial charge in [-0.15, -0.1) is 0 Å². The van der Waals surface area contributed by atoms with E-state index < -0.39 is 0 Å². The number of carbonyl (C=O) groups is 1. The lowest BCUT2D eigenvalue weighted by atomic mass is 9.92. The van der Waals surface area contributed by atoms with Gasteiger partial charge in [0.25, 0.3) is 5.56 Å². The number of likely N-dealkylation sites (tertiary alicyclic amines) is 1. The Morgan fingerprint density at radius 1 is 1.10 bits per heavy atom. The van der Waals surface area contributed by atoms with Crippen LogP contribution in [0.25, 0.3) is 27.6 Å². The zero-order chi connectivity index (χ0) is 27.1. The maximum atomic E-state index is 14.2. The number of anilines is 1. The largest absolute Gasteiger partial charge is 0.392 e. The van der Waals surface area contributed by atoms with E-state index in [1.807, 2.05) is 50.4 Å². The van der Waals surface area contributed by atoms with E-state index in [9.17, 15) is 14.7 Å². The van der Waals surface area contributed by atoms with Crippen LogP contribution in [-0.2, 0) is 11.4 Å². The van der Waals surface area contributed by atoms with Crippen molar-refractivity contribution in [1.29, 1.82) is 0 Å². The Labute approximate surface area is 227 Å². The first-order valence-electron chi connectivity index (χ1n) is 13.5. The van der Waals surface area contributed by atoms with Gasteiger partial charge in [0.15, 0.2) is 0 Å². The minimum Gasteiger partial charge on any atom is -0.392 e. The van der Waals surface area contributed by atoms with Crippen molar-refractivity contribution in [2.75, 3.05) is 25.5 Å². The number of amides is 1. The summed E-state index contributed by atoms with van der Waals surface area (Å²) < 4.78 is 1.76. The zero-order valence-electron chi connectivity index (χ0n) is 22.2. The summed E-state index contributed by atoms with van der Waals surface area (Å²) in [6.45, 7) is 2.68. The molecule has 2 fully saturated rings. The molecule has 4 aromatic rings. The number of aliphatic hydroxyl groups is 1. The first-order chi connectivity index (χ1) is 19.0. The third-order valence-corrected chi connectivity index (χ3v) is 7.92. The average Bonchev–Trinajstić information content (AvgIpc) is 3.78. The Bertz CT molecular complexity index is 1660. The van der Waals surface area contributed by atoms with Gasteiger partial charge in [-0.25, -0.2) is 4.98 Å². The van der Waals surface area contributed by atoms with E-state index in [1.165, 1.54) is 18.4 Å². The Morgan fingerprint density at radius 3 is 2.64 bits per heavy atom. The number of allylic oxidation sites excluding steroid dienone is 1. The summed E-state index contributed by atoms with van der Waals surface area (Å²) in [5.74, 6) is 1.29. The highest BCUT2D eigenvalue weighted by Gasteiger charge is 2.34. The number of nitrogens with one attached hydrogen (secondary N) is 1. The molecule has 7 heteroatoms. The van der Waals surface area contributed by atoms with Gasteiger partial charge in [-0.2, -0.15) is 0 Å². The molecule has 6 rings (SSSR count). The van der Waals surface area contributed by atoms with Crippen molar-refractivity contribution >= 4 is 22.5 Å². The van der Waals surface area contributed by atoms with Crippen molar-refractivity contribution < 1.29 is 9.90 Å².